The third kappa shape index (κ3) is 4.65. The average molecular weight is 507 g/mol. The molecule has 0 saturated carbocycles. The molecule has 1 N–H and O–H groups in total. The molecule has 6 nitrogen and oxygen atoms in total. The van der Waals surface area contributed by atoms with E-state index in [1.54, 1.807) is 17.0 Å². The van der Waals surface area contributed by atoms with Gasteiger partial charge in [0, 0.05) is 10.6 Å². The summed E-state index contributed by atoms with van der Waals surface area (Å²) in [5.74, 6) is -1.00. The van der Waals surface area contributed by atoms with Crippen molar-refractivity contribution >= 4 is 56.1 Å². The second kappa shape index (κ2) is 9.87. The number of carbonyl (C=O) groups is 3. The quantitative estimate of drug-likeness (QED) is 0.363. The number of rotatable bonds is 8. The molecule has 2 aromatic rings. The lowest BCUT2D eigenvalue weighted by Crippen LogP contribution is -2.44. The Labute approximate surface area is 194 Å². The van der Waals surface area contributed by atoms with Crippen molar-refractivity contribution in [3.05, 3.63) is 46.9 Å². The van der Waals surface area contributed by atoms with Gasteiger partial charge in [0.1, 0.15) is 11.2 Å². The van der Waals surface area contributed by atoms with Crippen LogP contribution in [0.3, 0.4) is 0 Å². The van der Waals surface area contributed by atoms with E-state index in [4.69, 9.17) is 9.84 Å². The highest BCUT2D eigenvalue weighted by Gasteiger charge is 2.49. The summed E-state index contributed by atoms with van der Waals surface area (Å²) in [6.45, 7) is 3.43. The van der Waals surface area contributed by atoms with Crippen LogP contribution in [0.25, 0.3) is 0 Å². The van der Waals surface area contributed by atoms with Crippen molar-refractivity contribution in [3.8, 4) is 5.75 Å². The van der Waals surface area contributed by atoms with E-state index >= 15 is 0 Å². The Balaban J connectivity index is 2.19. The maximum atomic E-state index is 14.0. The van der Waals surface area contributed by atoms with Crippen LogP contribution in [0.4, 0.5) is 11.4 Å². The fourth-order valence-corrected chi connectivity index (χ4v) is 5.39. The zero-order valence-electron chi connectivity index (χ0n) is 17.4. The van der Waals surface area contributed by atoms with E-state index in [1.807, 2.05) is 44.2 Å². The molecule has 31 heavy (non-hydrogen) atoms. The molecule has 1 unspecified atom stereocenters. The standard InChI is InChI=1S/C23H25BrNO5S/c1-3-5-11-23(4-2)21(28)25(15-9-7-6-8-10-15)17-12-16(24)18(30-14-20(26)27)13-19(17)31-22(23)29/h6-10,12-13,31H,3-5,11,14H2,1-2H3,(H,26,27). The summed E-state index contributed by atoms with van der Waals surface area (Å²) in [6.07, 6.45) is 2.57. The molecule has 3 rings (SSSR count). The van der Waals surface area contributed by atoms with Crippen molar-refractivity contribution in [2.45, 2.75) is 44.4 Å². The largest absolute Gasteiger partial charge is 0.481 e. The van der Waals surface area contributed by atoms with Gasteiger partial charge < -0.3 is 9.84 Å². The van der Waals surface area contributed by atoms with Crippen LogP contribution >= 0.6 is 27.7 Å². The van der Waals surface area contributed by atoms with Gasteiger partial charge in [0.2, 0.25) is 5.91 Å². The maximum Gasteiger partial charge on any atom is 0.341 e. The van der Waals surface area contributed by atoms with Crippen molar-refractivity contribution < 1.29 is 24.2 Å². The molecule has 8 heteroatoms. The molecule has 0 bridgehead atoms. The van der Waals surface area contributed by atoms with Gasteiger partial charge in [-0.2, -0.15) is 0 Å². The number of halogens is 1. The molecule has 0 aliphatic carbocycles. The van der Waals surface area contributed by atoms with Crippen LogP contribution in [0.15, 0.2) is 51.8 Å². The van der Waals surface area contributed by atoms with Gasteiger partial charge in [0.15, 0.2) is 11.7 Å². The van der Waals surface area contributed by atoms with Crippen molar-refractivity contribution in [1.82, 2.24) is 0 Å². The minimum atomic E-state index is -1.11. The van der Waals surface area contributed by atoms with Gasteiger partial charge in [-0.1, -0.05) is 44.9 Å². The Hall–Kier alpha value is -2.32. The number of anilines is 2. The number of nitrogens with zero attached hydrogens (tertiary/aromatic N) is 1. The van der Waals surface area contributed by atoms with Gasteiger partial charge in [0.25, 0.3) is 0 Å². The highest BCUT2D eigenvalue weighted by Crippen LogP contribution is 2.50. The van der Waals surface area contributed by atoms with Crippen LogP contribution in [0.5, 0.6) is 5.75 Å². The molecule has 1 radical (unpaired) electrons. The summed E-state index contributed by atoms with van der Waals surface area (Å²) < 4.78 is 5.90. The first kappa shape index (κ1) is 23.3. The third-order valence-corrected chi connectivity index (χ3v) is 7.29. The number of thiol groups is 1. The molecule has 1 atom stereocenters. The number of amides is 1. The van der Waals surface area contributed by atoms with Gasteiger partial charge >= 0.3 is 5.97 Å². The molecule has 165 valence electrons. The number of carboxylic acid groups (broad SMARTS) is 1. The SMILES string of the molecule is CCCCC1(CC)C(=O)[SH]c2cc(OCC(=O)O)c(Br)cc2N(c2ccccc2)C1=O. The summed E-state index contributed by atoms with van der Waals surface area (Å²) in [6, 6.07) is 12.6. The molecule has 0 aromatic heterocycles. The van der Waals surface area contributed by atoms with E-state index in [0.29, 0.717) is 51.1 Å². The number of para-hydroxylation sites is 1. The van der Waals surface area contributed by atoms with Crippen LogP contribution in [0, 0.1) is 5.41 Å². The number of carboxylic acids is 1. The fourth-order valence-electron chi connectivity index (χ4n) is 3.69. The second-order valence-electron chi connectivity index (χ2n) is 7.39. The Kier molecular flexibility index (Phi) is 7.43. The van der Waals surface area contributed by atoms with Gasteiger partial charge in [-0.05, 0) is 53.0 Å². The predicted octanol–water partition coefficient (Wildman–Crippen LogP) is 5.53. The lowest BCUT2D eigenvalue weighted by Gasteiger charge is -2.33. The predicted molar refractivity (Wildman–Crippen MR) is 125 cm³/mol. The Bertz CT molecular complexity index is 997. The maximum absolute atomic E-state index is 14.0. The lowest BCUT2D eigenvalue weighted by molar-refractivity contribution is -0.139. The Morgan fingerprint density at radius 1 is 1.19 bits per heavy atom. The van der Waals surface area contributed by atoms with Crippen molar-refractivity contribution in [3.63, 3.8) is 0 Å². The molecule has 1 amide bonds. The number of ether oxygens (including phenoxy) is 1. The summed E-state index contributed by atoms with van der Waals surface area (Å²) in [5.41, 5.74) is 0.160. The van der Waals surface area contributed by atoms with Gasteiger partial charge in [-0.15, -0.1) is 11.8 Å². The van der Waals surface area contributed by atoms with Crippen molar-refractivity contribution in [2.24, 2.45) is 5.41 Å². The van der Waals surface area contributed by atoms with Crippen LogP contribution < -0.4 is 9.64 Å². The molecule has 0 spiro atoms. The first-order chi connectivity index (χ1) is 14.8. The molecule has 2 aromatic carbocycles. The molecule has 0 saturated heterocycles. The van der Waals surface area contributed by atoms with Crippen molar-refractivity contribution in [2.75, 3.05) is 11.5 Å². The summed E-state index contributed by atoms with van der Waals surface area (Å²) in [4.78, 5) is 40.6. The lowest BCUT2D eigenvalue weighted by atomic mass is 9.79. The van der Waals surface area contributed by atoms with E-state index < -0.39 is 18.0 Å². The molecule has 1 heterocycles. The average Bonchev–Trinajstić information content (AvgIpc) is 2.83. The molecule has 1 aliphatic heterocycles. The van der Waals surface area contributed by atoms with Gasteiger partial charge in [0.05, 0.1) is 10.2 Å². The number of aliphatic carboxylic acids is 1. The van der Waals surface area contributed by atoms with E-state index in [9.17, 15) is 14.4 Å². The van der Waals surface area contributed by atoms with Gasteiger partial charge in [-0.25, -0.2) is 4.79 Å². The normalized spacial score (nSPS) is 18.5. The topological polar surface area (TPSA) is 83.9 Å². The number of fused-ring (bicyclic) bond motifs is 1. The van der Waals surface area contributed by atoms with E-state index in [0.717, 1.165) is 12.8 Å². The van der Waals surface area contributed by atoms with Gasteiger partial charge in [-0.3, -0.25) is 14.5 Å². The number of hydrogen-bond donors (Lipinski definition) is 2. The second-order valence-corrected chi connectivity index (χ2v) is 9.35. The molecule has 1 aliphatic rings. The highest BCUT2D eigenvalue weighted by molar-refractivity contribution is 9.10. The summed E-state index contributed by atoms with van der Waals surface area (Å²) in [5, 5.41) is 8.81. The fraction of sp³-hybridized carbons (Fsp3) is 0.348. The molecular weight excluding hydrogens is 482 g/mol. The minimum absolute atomic E-state index is 0.139. The van der Waals surface area contributed by atoms with E-state index in [2.05, 4.69) is 15.9 Å². The number of carbonyl (C=O) groups excluding carboxylic acids is 2. The summed E-state index contributed by atoms with van der Waals surface area (Å²) >= 11 is 3.83. The Morgan fingerprint density at radius 2 is 1.90 bits per heavy atom. The number of benzene rings is 2. The molecule has 0 fully saturated rings. The van der Waals surface area contributed by atoms with Crippen LogP contribution in [0.2, 0.25) is 0 Å². The highest BCUT2D eigenvalue weighted by atomic mass is 79.9. The van der Waals surface area contributed by atoms with Crippen LogP contribution in [-0.2, 0) is 14.4 Å². The van der Waals surface area contributed by atoms with Crippen LogP contribution in [0.1, 0.15) is 39.5 Å². The summed E-state index contributed by atoms with van der Waals surface area (Å²) in [7, 11) is 0. The zero-order chi connectivity index (χ0) is 22.6. The smallest absolute Gasteiger partial charge is 0.341 e. The first-order valence-electron chi connectivity index (χ1n) is 10.2. The van der Waals surface area contributed by atoms with Crippen molar-refractivity contribution in [1.29, 1.82) is 0 Å². The van der Waals surface area contributed by atoms with Crippen LogP contribution in [-0.4, -0.2) is 28.7 Å². The number of hydrogen-bond acceptors (Lipinski definition) is 4. The zero-order valence-corrected chi connectivity index (χ0v) is 19.9. The monoisotopic (exact) mass is 506 g/mol. The molecular formula is C23H25BrNO5S. The first-order valence-corrected chi connectivity index (χ1v) is 11.9. The Morgan fingerprint density at radius 3 is 2.52 bits per heavy atom. The van der Waals surface area contributed by atoms with E-state index in [-0.39, 0.29) is 11.0 Å². The third-order valence-electron chi connectivity index (χ3n) is 5.44. The van der Waals surface area contributed by atoms with E-state index in [1.165, 1.54) is 0 Å². The number of unbranched alkanes of at least 4 members (excludes halogenated alkanes) is 1. The minimum Gasteiger partial charge on any atom is -0.481 e.